The number of H-pyrrole nitrogens is 1. The van der Waals surface area contributed by atoms with E-state index in [2.05, 4.69) is 80.6 Å². The molecule has 1 aliphatic rings. The number of nitrogens with zero attached hydrogens (tertiary/aromatic N) is 5. The molecule has 0 aliphatic carbocycles. The fraction of sp³-hybridized carbons (Fsp3) is 0.552. The van der Waals surface area contributed by atoms with Crippen LogP contribution in [-0.4, -0.2) is 69.7 Å². The van der Waals surface area contributed by atoms with Gasteiger partial charge in [-0.2, -0.15) is 10.1 Å². The Hall–Kier alpha value is -2.68. The zero-order chi connectivity index (χ0) is 27.1. The Kier molecular flexibility index (Phi) is 9.99. The molecular formula is C29H43ClN8. The quantitative estimate of drug-likeness (QED) is 0.225. The van der Waals surface area contributed by atoms with Crippen LogP contribution in [0.2, 0.25) is 5.02 Å². The molecular weight excluding hydrogens is 496 g/mol. The Balaban J connectivity index is 1.32. The maximum absolute atomic E-state index is 6.33. The van der Waals surface area contributed by atoms with E-state index in [-0.39, 0.29) is 0 Å². The van der Waals surface area contributed by atoms with Gasteiger partial charge in [0.15, 0.2) is 11.6 Å². The third-order valence-corrected chi connectivity index (χ3v) is 7.91. The molecule has 0 saturated carbocycles. The van der Waals surface area contributed by atoms with Crippen molar-refractivity contribution in [3.63, 3.8) is 0 Å². The van der Waals surface area contributed by atoms with Crippen molar-refractivity contribution >= 4 is 34.9 Å². The Morgan fingerprint density at radius 1 is 1.05 bits per heavy atom. The van der Waals surface area contributed by atoms with Crippen molar-refractivity contribution in [2.75, 3.05) is 50.4 Å². The maximum Gasteiger partial charge on any atom is 0.229 e. The number of rotatable bonds is 12. The molecule has 0 bridgehead atoms. The van der Waals surface area contributed by atoms with Crippen molar-refractivity contribution in [2.24, 2.45) is 0 Å². The fourth-order valence-corrected chi connectivity index (χ4v) is 5.31. The molecule has 9 heteroatoms. The van der Waals surface area contributed by atoms with Crippen LogP contribution in [-0.2, 0) is 0 Å². The summed E-state index contributed by atoms with van der Waals surface area (Å²) in [4.78, 5) is 14.0. The fourth-order valence-electron chi connectivity index (χ4n) is 5.17. The van der Waals surface area contributed by atoms with Gasteiger partial charge in [-0.3, -0.25) is 5.10 Å². The molecule has 38 heavy (non-hydrogen) atoms. The summed E-state index contributed by atoms with van der Waals surface area (Å²) in [6.45, 7) is 14.5. The summed E-state index contributed by atoms with van der Waals surface area (Å²) >= 11 is 6.33. The van der Waals surface area contributed by atoms with Crippen LogP contribution in [0.4, 0.5) is 23.3 Å². The van der Waals surface area contributed by atoms with Gasteiger partial charge in [-0.25, -0.2) is 4.98 Å². The van der Waals surface area contributed by atoms with Crippen LogP contribution < -0.4 is 10.6 Å². The lowest BCUT2D eigenvalue weighted by atomic mass is 9.85. The molecule has 3 aromatic rings. The zero-order valence-electron chi connectivity index (χ0n) is 23.6. The van der Waals surface area contributed by atoms with Crippen LogP contribution in [0.15, 0.2) is 24.4 Å². The van der Waals surface area contributed by atoms with Crippen LogP contribution in [0.5, 0.6) is 0 Å². The van der Waals surface area contributed by atoms with E-state index >= 15 is 0 Å². The number of likely N-dealkylation sites (tertiary alicyclic amines) is 1. The molecule has 0 spiro atoms. The van der Waals surface area contributed by atoms with Gasteiger partial charge in [-0.15, -0.1) is 0 Å². The number of hydrogen-bond donors (Lipinski definition) is 3. The average Bonchev–Trinajstić information content (AvgIpc) is 3.32. The second kappa shape index (κ2) is 13.4. The molecule has 1 aliphatic heterocycles. The molecule has 2 aromatic heterocycles. The third kappa shape index (κ3) is 7.68. The second-order valence-electron chi connectivity index (χ2n) is 10.7. The van der Waals surface area contributed by atoms with E-state index < -0.39 is 0 Å². The monoisotopic (exact) mass is 538 g/mol. The van der Waals surface area contributed by atoms with Crippen molar-refractivity contribution in [1.82, 2.24) is 30.0 Å². The highest BCUT2D eigenvalue weighted by Gasteiger charge is 2.22. The normalized spacial score (nSPS) is 14.8. The van der Waals surface area contributed by atoms with Crippen LogP contribution in [0.3, 0.4) is 0 Å². The zero-order valence-corrected chi connectivity index (χ0v) is 24.3. The summed E-state index contributed by atoms with van der Waals surface area (Å²) in [5.41, 5.74) is 5.96. The number of aromatic nitrogens is 4. The third-order valence-electron chi connectivity index (χ3n) is 7.64. The molecule has 0 amide bonds. The van der Waals surface area contributed by atoms with E-state index in [4.69, 9.17) is 11.6 Å². The van der Waals surface area contributed by atoms with Crippen LogP contribution in [0.1, 0.15) is 67.3 Å². The molecule has 1 saturated heterocycles. The number of aromatic amines is 1. The SMILES string of the molecule is CCN(C)CCCCCN1CCC(c2cc(C)c(Nc3ncc(Cl)c(Nc4cc(C)[nH]n4)n3)cc2C)CC1. The minimum absolute atomic E-state index is 0.440. The standard InChI is InChI=1S/C29H43ClN8/c1-6-37(5)12-8-7-9-13-38-14-10-23(11-15-38)24-16-21(3)26(17-20(24)2)32-29-31-19-25(30)28(34-29)33-27-18-22(4)35-36-27/h16-19,23H,6-15H2,1-5H3,(H3,31,32,33,34,35,36). The van der Waals surface area contributed by atoms with Gasteiger partial charge >= 0.3 is 0 Å². The van der Waals surface area contributed by atoms with Gasteiger partial charge in [-0.05, 0) is 115 Å². The molecule has 3 N–H and O–H groups in total. The van der Waals surface area contributed by atoms with Gasteiger partial charge in [0.2, 0.25) is 5.95 Å². The molecule has 0 radical (unpaired) electrons. The largest absolute Gasteiger partial charge is 0.324 e. The summed E-state index contributed by atoms with van der Waals surface area (Å²) < 4.78 is 0. The first kappa shape index (κ1) is 28.3. The van der Waals surface area contributed by atoms with Crippen molar-refractivity contribution in [2.45, 2.75) is 65.7 Å². The van der Waals surface area contributed by atoms with E-state index in [1.807, 2.05) is 13.0 Å². The molecule has 206 valence electrons. The summed E-state index contributed by atoms with van der Waals surface area (Å²) in [5.74, 6) is 2.30. The molecule has 3 heterocycles. The van der Waals surface area contributed by atoms with Gasteiger partial charge < -0.3 is 20.4 Å². The first-order valence-electron chi connectivity index (χ1n) is 13.9. The van der Waals surface area contributed by atoms with Crippen LogP contribution >= 0.6 is 11.6 Å². The molecule has 0 atom stereocenters. The van der Waals surface area contributed by atoms with Crippen molar-refractivity contribution in [1.29, 1.82) is 0 Å². The summed E-state index contributed by atoms with van der Waals surface area (Å²) in [6, 6.07) is 6.48. The topological polar surface area (TPSA) is 85.0 Å². The summed E-state index contributed by atoms with van der Waals surface area (Å²) in [7, 11) is 2.21. The maximum atomic E-state index is 6.33. The Morgan fingerprint density at radius 2 is 1.84 bits per heavy atom. The van der Waals surface area contributed by atoms with Gasteiger partial charge in [-0.1, -0.05) is 31.0 Å². The first-order chi connectivity index (χ1) is 18.3. The number of benzene rings is 1. The van der Waals surface area contributed by atoms with Crippen molar-refractivity contribution in [3.05, 3.63) is 51.8 Å². The van der Waals surface area contributed by atoms with Crippen LogP contribution in [0.25, 0.3) is 0 Å². The summed E-state index contributed by atoms with van der Waals surface area (Å²) in [6.07, 6.45) is 8.01. The molecule has 1 aromatic carbocycles. The number of aryl methyl sites for hydroxylation is 3. The molecule has 8 nitrogen and oxygen atoms in total. The predicted molar refractivity (Wildman–Crippen MR) is 158 cm³/mol. The van der Waals surface area contributed by atoms with Gasteiger partial charge in [0.1, 0.15) is 5.02 Å². The molecule has 4 rings (SSSR count). The smallest absolute Gasteiger partial charge is 0.229 e. The first-order valence-corrected chi connectivity index (χ1v) is 14.3. The Bertz CT molecular complexity index is 1190. The highest BCUT2D eigenvalue weighted by Crippen LogP contribution is 2.34. The van der Waals surface area contributed by atoms with E-state index in [0.717, 1.165) is 17.9 Å². The summed E-state index contributed by atoms with van der Waals surface area (Å²) in [5, 5.41) is 14.1. The van der Waals surface area contributed by atoms with Gasteiger partial charge in [0, 0.05) is 17.4 Å². The van der Waals surface area contributed by atoms with Crippen molar-refractivity contribution in [3.8, 4) is 0 Å². The number of halogens is 1. The second-order valence-corrected chi connectivity index (χ2v) is 11.1. The minimum atomic E-state index is 0.440. The van der Waals surface area contributed by atoms with Crippen molar-refractivity contribution < 1.29 is 0 Å². The van der Waals surface area contributed by atoms with E-state index in [9.17, 15) is 0 Å². The molecule has 0 unspecified atom stereocenters. The lowest BCUT2D eigenvalue weighted by Crippen LogP contribution is -2.34. The highest BCUT2D eigenvalue weighted by atomic mass is 35.5. The van der Waals surface area contributed by atoms with Gasteiger partial charge in [0.05, 0.1) is 6.20 Å². The lowest BCUT2D eigenvalue weighted by Gasteiger charge is -2.33. The minimum Gasteiger partial charge on any atom is -0.324 e. The van der Waals surface area contributed by atoms with E-state index in [1.165, 1.54) is 75.0 Å². The van der Waals surface area contributed by atoms with E-state index in [0.29, 0.717) is 28.5 Å². The average molecular weight is 539 g/mol. The van der Waals surface area contributed by atoms with E-state index in [1.54, 1.807) is 6.20 Å². The number of piperidine rings is 1. The lowest BCUT2D eigenvalue weighted by molar-refractivity contribution is 0.207. The number of unbranched alkanes of at least 4 members (excludes halogenated alkanes) is 2. The number of nitrogens with one attached hydrogen (secondary N) is 3. The number of anilines is 4. The predicted octanol–water partition coefficient (Wildman–Crippen LogP) is 6.57. The van der Waals surface area contributed by atoms with Gasteiger partial charge in [0.25, 0.3) is 0 Å². The Morgan fingerprint density at radius 3 is 2.55 bits per heavy atom. The highest BCUT2D eigenvalue weighted by molar-refractivity contribution is 6.32. The van der Waals surface area contributed by atoms with Crippen LogP contribution in [0, 0.1) is 20.8 Å². The molecule has 1 fully saturated rings. The number of hydrogen-bond acceptors (Lipinski definition) is 7. The Labute approximate surface area is 232 Å².